The quantitative estimate of drug-likeness (QED) is 0.769. The first-order valence-corrected chi connectivity index (χ1v) is 7.27. The molecule has 0 aliphatic heterocycles. The maximum Gasteiger partial charge on any atom is 0.123 e. The Hall–Kier alpha value is -2.46. The Balaban J connectivity index is 2.14. The average molecular weight is 295 g/mol. The number of hydrogen-bond donors (Lipinski definition) is 2. The molecule has 0 saturated heterocycles. The van der Waals surface area contributed by atoms with Crippen LogP contribution in [0.2, 0.25) is 0 Å². The normalized spacial score (nSPS) is 12.3. The van der Waals surface area contributed by atoms with Gasteiger partial charge in [0.05, 0.1) is 5.69 Å². The molecule has 1 unspecified atom stereocenters. The standard InChI is InChI=1S/C18H18FN3/c1-12(20)10-15-11-22-18(14-2-4-16(19)5-3-14)17(15)13-6-8-21-9-7-13/h2-9,11-12,22H,10,20H2,1H3. The number of H-pyrrole nitrogens is 1. The van der Waals surface area contributed by atoms with Gasteiger partial charge in [-0.2, -0.15) is 0 Å². The van der Waals surface area contributed by atoms with Crippen LogP contribution < -0.4 is 5.73 Å². The van der Waals surface area contributed by atoms with Gasteiger partial charge in [-0.1, -0.05) is 0 Å². The van der Waals surface area contributed by atoms with E-state index in [2.05, 4.69) is 9.97 Å². The summed E-state index contributed by atoms with van der Waals surface area (Å²) >= 11 is 0. The van der Waals surface area contributed by atoms with Gasteiger partial charge >= 0.3 is 0 Å². The van der Waals surface area contributed by atoms with Gasteiger partial charge in [0.15, 0.2) is 0 Å². The van der Waals surface area contributed by atoms with Crippen LogP contribution in [0.4, 0.5) is 4.39 Å². The van der Waals surface area contributed by atoms with Crippen LogP contribution in [0, 0.1) is 5.82 Å². The van der Waals surface area contributed by atoms with E-state index in [0.717, 1.165) is 34.4 Å². The summed E-state index contributed by atoms with van der Waals surface area (Å²) in [6, 6.07) is 10.5. The van der Waals surface area contributed by atoms with E-state index in [1.54, 1.807) is 24.5 Å². The van der Waals surface area contributed by atoms with E-state index < -0.39 is 0 Å². The molecule has 0 radical (unpaired) electrons. The molecule has 4 heteroatoms. The van der Waals surface area contributed by atoms with Crippen molar-refractivity contribution in [2.75, 3.05) is 0 Å². The molecular formula is C18H18FN3. The third kappa shape index (κ3) is 2.92. The van der Waals surface area contributed by atoms with Crippen molar-refractivity contribution in [3.63, 3.8) is 0 Å². The maximum absolute atomic E-state index is 13.2. The van der Waals surface area contributed by atoms with Gasteiger partial charge in [0.2, 0.25) is 0 Å². The van der Waals surface area contributed by atoms with Crippen LogP contribution in [0.5, 0.6) is 0 Å². The highest BCUT2D eigenvalue weighted by Crippen LogP contribution is 2.34. The first-order chi connectivity index (χ1) is 10.6. The molecule has 3 aromatic rings. The minimum atomic E-state index is -0.239. The van der Waals surface area contributed by atoms with Crippen molar-refractivity contribution in [3.05, 3.63) is 66.4 Å². The summed E-state index contributed by atoms with van der Waals surface area (Å²) in [6.07, 6.45) is 6.30. The fraction of sp³-hybridized carbons (Fsp3) is 0.167. The number of nitrogens with two attached hydrogens (primary N) is 1. The van der Waals surface area contributed by atoms with E-state index in [1.165, 1.54) is 12.1 Å². The largest absolute Gasteiger partial charge is 0.360 e. The second-order valence-corrected chi connectivity index (χ2v) is 5.49. The molecule has 1 aromatic carbocycles. The Kier molecular flexibility index (Phi) is 4.02. The van der Waals surface area contributed by atoms with Crippen molar-refractivity contribution in [1.29, 1.82) is 0 Å². The van der Waals surface area contributed by atoms with Gasteiger partial charge < -0.3 is 10.7 Å². The van der Waals surface area contributed by atoms with E-state index in [4.69, 9.17) is 5.73 Å². The molecule has 0 spiro atoms. The number of aromatic amines is 1. The zero-order valence-electron chi connectivity index (χ0n) is 12.4. The number of benzene rings is 1. The van der Waals surface area contributed by atoms with E-state index in [-0.39, 0.29) is 11.9 Å². The molecule has 0 saturated carbocycles. The van der Waals surface area contributed by atoms with E-state index >= 15 is 0 Å². The molecule has 0 amide bonds. The third-order valence-electron chi connectivity index (χ3n) is 3.61. The van der Waals surface area contributed by atoms with E-state index in [9.17, 15) is 4.39 Å². The van der Waals surface area contributed by atoms with Crippen LogP contribution >= 0.6 is 0 Å². The number of rotatable bonds is 4. The molecule has 3 N–H and O–H groups in total. The summed E-state index contributed by atoms with van der Waals surface area (Å²) in [6.45, 7) is 1.99. The number of nitrogens with one attached hydrogen (secondary N) is 1. The molecule has 22 heavy (non-hydrogen) atoms. The van der Waals surface area contributed by atoms with Crippen LogP contribution in [0.15, 0.2) is 55.0 Å². The fourth-order valence-corrected chi connectivity index (χ4v) is 2.66. The predicted octanol–water partition coefficient (Wildman–Crippen LogP) is 3.77. The second-order valence-electron chi connectivity index (χ2n) is 5.49. The van der Waals surface area contributed by atoms with E-state index in [1.807, 2.05) is 25.3 Å². The average Bonchev–Trinajstić information content (AvgIpc) is 2.91. The van der Waals surface area contributed by atoms with Gasteiger partial charge in [0.25, 0.3) is 0 Å². The SMILES string of the molecule is CC(N)Cc1c[nH]c(-c2ccc(F)cc2)c1-c1ccncc1. The topological polar surface area (TPSA) is 54.7 Å². The van der Waals surface area contributed by atoms with Crippen LogP contribution in [0.3, 0.4) is 0 Å². The summed E-state index contributed by atoms with van der Waals surface area (Å²) in [5.41, 5.74) is 11.2. The zero-order chi connectivity index (χ0) is 15.5. The maximum atomic E-state index is 13.2. The Bertz CT molecular complexity index is 746. The Morgan fingerprint density at radius 1 is 1.09 bits per heavy atom. The summed E-state index contributed by atoms with van der Waals surface area (Å²) in [5, 5.41) is 0. The molecule has 0 fully saturated rings. The lowest BCUT2D eigenvalue weighted by Gasteiger charge is -2.10. The predicted molar refractivity (Wildman–Crippen MR) is 86.8 cm³/mol. The summed E-state index contributed by atoms with van der Waals surface area (Å²) in [4.78, 5) is 7.39. The zero-order valence-corrected chi connectivity index (χ0v) is 12.4. The molecular weight excluding hydrogens is 277 g/mol. The molecule has 0 aliphatic carbocycles. The lowest BCUT2D eigenvalue weighted by atomic mass is 9.96. The summed E-state index contributed by atoms with van der Waals surface area (Å²) in [5.74, 6) is -0.239. The Morgan fingerprint density at radius 2 is 1.77 bits per heavy atom. The van der Waals surface area contributed by atoms with Crippen LogP contribution in [0.1, 0.15) is 12.5 Å². The monoisotopic (exact) mass is 295 g/mol. The van der Waals surface area contributed by atoms with Gasteiger partial charge in [-0.15, -0.1) is 0 Å². The first kappa shape index (κ1) is 14.5. The molecule has 2 heterocycles. The third-order valence-corrected chi connectivity index (χ3v) is 3.61. The van der Waals surface area contributed by atoms with Crippen molar-refractivity contribution < 1.29 is 4.39 Å². The minimum Gasteiger partial charge on any atom is -0.360 e. The van der Waals surface area contributed by atoms with Crippen molar-refractivity contribution in [3.8, 4) is 22.4 Å². The molecule has 112 valence electrons. The van der Waals surface area contributed by atoms with Crippen molar-refractivity contribution >= 4 is 0 Å². The highest BCUT2D eigenvalue weighted by molar-refractivity contribution is 5.83. The lowest BCUT2D eigenvalue weighted by Crippen LogP contribution is -2.17. The fourth-order valence-electron chi connectivity index (χ4n) is 2.66. The molecule has 2 aromatic heterocycles. The minimum absolute atomic E-state index is 0.0671. The lowest BCUT2D eigenvalue weighted by molar-refractivity contribution is 0.628. The summed E-state index contributed by atoms with van der Waals surface area (Å²) in [7, 11) is 0. The van der Waals surface area contributed by atoms with Gasteiger partial charge in [-0.05, 0) is 66.4 Å². The van der Waals surface area contributed by atoms with Crippen LogP contribution in [0.25, 0.3) is 22.4 Å². The second kappa shape index (κ2) is 6.12. The number of nitrogens with zero attached hydrogens (tertiary/aromatic N) is 1. The van der Waals surface area contributed by atoms with Gasteiger partial charge in [-0.3, -0.25) is 4.98 Å². The highest BCUT2D eigenvalue weighted by Gasteiger charge is 2.15. The molecule has 3 nitrogen and oxygen atoms in total. The number of aromatic nitrogens is 2. The molecule has 0 aliphatic rings. The number of halogens is 1. The van der Waals surface area contributed by atoms with Crippen molar-refractivity contribution in [2.24, 2.45) is 5.73 Å². The smallest absolute Gasteiger partial charge is 0.123 e. The highest BCUT2D eigenvalue weighted by atomic mass is 19.1. The molecule has 1 atom stereocenters. The van der Waals surface area contributed by atoms with Gasteiger partial charge in [0, 0.05) is 30.2 Å². The molecule has 3 rings (SSSR count). The molecule has 0 bridgehead atoms. The number of pyridine rings is 1. The summed E-state index contributed by atoms with van der Waals surface area (Å²) < 4.78 is 13.2. The van der Waals surface area contributed by atoms with Crippen LogP contribution in [-0.4, -0.2) is 16.0 Å². The van der Waals surface area contributed by atoms with E-state index in [0.29, 0.717) is 0 Å². The first-order valence-electron chi connectivity index (χ1n) is 7.27. The Labute approximate surface area is 129 Å². The Morgan fingerprint density at radius 3 is 2.41 bits per heavy atom. The van der Waals surface area contributed by atoms with Crippen molar-refractivity contribution in [2.45, 2.75) is 19.4 Å². The van der Waals surface area contributed by atoms with Crippen molar-refractivity contribution in [1.82, 2.24) is 9.97 Å². The van der Waals surface area contributed by atoms with Gasteiger partial charge in [0.1, 0.15) is 5.82 Å². The van der Waals surface area contributed by atoms with Gasteiger partial charge in [-0.25, -0.2) is 4.39 Å². The van der Waals surface area contributed by atoms with Crippen LogP contribution in [-0.2, 0) is 6.42 Å². The number of hydrogen-bond acceptors (Lipinski definition) is 2.